The van der Waals surface area contributed by atoms with Gasteiger partial charge in [0.2, 0.25) is 0 Å². The van der Waals surface area contributed by atoms with E-state index in [0.717, 1.165) is 56.5 Å². The minimum Gasteiger partial charge on any atom is -0.330 e. The normalized spacial score (nSPS) is 19.1. The van der Waals surface area contributed by atoms with E-state index in [-0.39, 0.29) is 24.4 Å². The van der Waals surface area contributed by atoms with E-state index in [0.29, 0.717) is 6.54 Å². The van der Waals surface area contributed by atoms with E-state index in [4.69, 9.17) is 0 Å². The molecule has 0 radical (unpaired) electrons. The first kappa shape index (κ1) is 20.8. The summed E-state index contributed by atoms with van der Waals surface area (Å²) in [5.74, 6) is 0.154. The molecule has 0 saturated carbocycles. The third-order valence-electron chi connectivity index (χ3n) is 5.90. The molecule has 5 heteroatoms. The van der Waals surface area contributed by atoms with E-state index in [1.54, 1.807) is 0 Å². The van der Waals surface area contributed by atoms with Crippen LogP contribution in [-0.4, -0.2) is 34.9 Å². The molecule has 1 fully saturated rings. The molecule has 4 rings (SSSR count). The fraction of sp³-hybridized carbons (Fsp3) is 0.478. The number of aryl methyl sites for hydroxylation is 2. The van der Waals surface area contributed by atoms with Gasteiger partial charge in [0.15, 0.2) is 0 Å². The molecule has 1 amide bonds. The molecule has 2 aromatic rings. The van der Waals surface area contributed by atoms with E-state index in [2.05, 4.69) is 27.3 Å². The zero-order valence-corrected chi connectivity index (χ0v) is 17.2. The first-order valence-electron chi connectivity index (χ1n) is 10.3. The van der Waals surface area contributed by atoms with E-state index < -0.39 is 0 Å². The van der Waals surface area contributed by atoms with E-state index >= 15 is 0 Å². The number of pyridine rings is 1. The summed E-state index contributed by atoms with van der Waals surface area (Å²) >= 11 is 0. The van der Waals surface area contributed by atoms with Gasteiger partial charge < -0.3 is 10.2 Å². The van der Waals surface area contributed by atoms with Crippen LogP contribution in [0.15, 0.2) is 42.6 Å². The zero-order valence-electron chi connectivity index (χ0n) is 16.4. The fourth-order valence-electron chi connectivity index (χ4n) is 4.38. The van der Waals surface area contributed by atoms with Crippen molar-refractivity contribution in [1.82, 2.24) is 15.2 Å². The highest BCUT2D eigenvalue weighted by Crippen LogP contribution is 2.25. The molecule has 1 aliphatic carbocycles. The van der Waals surface area contributed by atoms with Crippen molar-refractivity contribution in [2.24, 2.45) is 0 Å². The molecule has 1 aromatic heterocycles. The van der Waals surface area contributed by atoms with Crippen molar-refractivity contribution in [3.05, 3.63) is 65.0 Å². The molecule has 28 heavy (non-hydrogen) atoms. The minimum atomic E-state index is 0. The molecule has 1 atom stereocenters. The lowest BCUT2D eigenvalue weighted by atomic mass is 9.90. The van der Waals surface area contributed by atoms with Gasteiger partial charge in [-0.1, -0.05) is 12.1 Å². The van der Waals surface area contributed by atoms with Crippen LogP contribution in [0.1, 0.15) is 59.3 Å². The average molecular weight is 400 g/mol. The van der Waals surface area contributed by atoms with Gasteiger partial charge in [0.1, 0.15) is 0 Å². The lowest BCUT2D eigenvalue weighted by molar-refractivity contribution is 0.0642. The number of rotatable bonds is 4. The number of hydrogen-bond donors (Lipinski definition) is 1. The predicted octanol–water partition coefficient (Wildman–Crippen LogP) is 4.17. The smallest absolute Gasteiger partial charge is 0.254 e. The van der Waals surface area contributed by atoms with E-state index in [1.165, 1.54) is 24.0 Å². The molecule has 150 valence electrons. The lowest BCUT2D eigenvalue weighted by Gasteiger charge is -2.31. The zero-order chi connectivity index (χ0) is 18.5. The van der Waals surface area contributed by atoms with Gasteiger partial charge >= 0.3 is 0 Å². The Balaban J connectivity index is 0.00000225. The summed E-state index contributed by atoms with van der Waals surface area (Å²) in [4.78, 5) is 20.1. The Morgan fingerprint density at radius 1 is 1.04 bits per heavy atom. The van der Waals surface area contributed by atoms with E-state index in [9.17, 15) is 4.79 Å². The fourth-order valence-corrected chi connectivity index (χ4v) is 4.38. The number of benzene rings is 1. The molecule has 1 aliphatic heterocycles. The topological polar surface area (TPSA) is 45.2 Å². The van der Waals surface area contributed by atoms with Crippen molar-refractivity contribution in [3.63, 3.8) is 0 Å². The molecule has 2 heterocycles. The Bertz CT molecular complexity index is 773. The molecule has 0 bridgehead atoms. The third kappa shape index (κ3) is 4.92. The van der Waals surface area contributed by atoms with Crippen molar-refractivity contribution in [2.75, 3.05) is 13.1 Å². The van der Waals surface area contributed by atoms with Crippen LogP contribution in [0.3, 0.4) is 0 Å². The van der Waals surface area contributed by atoms with Crippen LogP contribution in [0.5, 0.6) is 0 Å². The molecule has 0 spiro atoms. The molecule has 1 aromatic carbocycles. The lowest BCUT2D eigenvalue weighted by Crippen LogP contribution is -2.40. The number of amides is 1. The van der Waals surface area contributed by atoms with Crippen LogP contribution < -0.4 is 5.32 Å². The second-order valence-corrected chi connectivity index (χ2v) is 7.78. The summed E-state index contributed by atoms with van der Waals surface area (Å²) < 4.78 is 0. The van der Waals surface area contributed by atoms with Crippen molar-refractivity contribution >= 4 is 18.3 Å². The average Bonchev–Trinajstić information content (AvgIpc) is 3.01. The second kappa shape index (κ2) is 10.0. The number of carbonyl (C=O) groups is 1. The summed E-state index contributed by atoms with van der Waals surface area (Å²) in [5.41, 5.74) is 4.59. The van der Waals surface area contributed by atoms with Crippen LogP contribution in [0, 0.1) is 0 Å². The van der Waals surface area contributed by atoms with Gasteiger partial charge in [-0.05, 0) is 93.4 Å². The standard InChI is InChI=1S/C23H29N3O.ClH/c27-23(20-11-10-18-6-1-2-7-19(18)16-20)26(17-21-8-3-4-14-25-21)22-9-5-13-24-15-12-22;/h3-4,8,10-11,14,16,22,24H,1-2,5-7,9,12-13,15,17H2;1H. The Morgan fingerprint density at radius 3 is 2.71 bits per heavy atom. The van der Waals surface area contributed by atoms with E-state index in [1.807, 2.05) is 30.5 Å². The van der Waals surface area contributed by atoms with Crippen LogP contribution in [0.4, 0.5) is 0 Å². The maximum absolute atomic E-state index is 13.5. The highest BCUT2D eigenvalue weighted by Gasteiger charge is 2.26. The number of aromatic nitrogens is 1. The summed E-state index contributed by atoms with van der Waals surface area (Å²) in [6.45, 7) is 2.60. The molecular weight excluding hydrogens is 370 g/mol. The molecule has 1 saturated heterocycles. The first-order valence-corrected chi connectivity index (χ1v) is 10.3. The summed E-state index contributed by atoms with van der Waals surface area (Å²) in [6, 6.07) is 12.6. The molecule has 2 aliphatic rings. The largest absolute Gasteiger partial charge is 0.330 e. The van der Waals surface area contributed by atoms with Gasteiger partial charge in [-0.2, -0.15) is 0 Å². The Hall–Kier alpha value is -1.91. The number of fused-ring (bicyclic) bond motifs is 1. The Morgan fingerprint density at radius 2 is 1.89 bits per heavy atom. The highest BCUT2D eigenvalue weighted by atomic mass is 35.5. The van der Waals surface area contributed by atoms with Gasteiger partial charge in [0.05, 0.1) is 12.2 Å². The number of nitrogens with one attached hydrogen (secondary N) is 1. The third-order valence-corrected chi connectivity index (χ3v) is 5.90. The van der Waals surface area contributed by atoms with Gasteiger partial charge in [-0.25, -0.2) is 0 Å². The molecule has 1 unspecified atom stereocenters. The monoisotopic (exact) mass is 399 g/mol. The van der Waals surface area contributed by atoms with Gasteiger partial charge in [0.25, 0.3) is 5.91 Å². The number of nitrogens with zero attached hydrogens (tertiary/aromatic N) is 2. The Labute approximate surface area is 174 Å². The number of halogens is 1. The van der Waals surface area contributed by atoms with Crippen LogP contribution >= 0.6 is 12.4 Å². The predicted molar refractivity (Wildman–Crippen MR) is 115 cm³/mol. The Kier molecular flexibility index (Phi) is 7.46. The van der Waals surface area contributed by atoms with Gasteiger partial charge in [-0.15, -0.1) is 12.4 Å². The maximum atomic E-state index is 13.5. The SMILES string of the molecule is Cl.O=C(c1ccc2c(c1)CCCC2)N(Cc1ccccn1)C1CCCNCC1. The van der Waals surface area contributed by atoms with Crippen molar-refractivity contribution in [3.8, 4) is 0 Å². The van der Waals surface area contributed by atoms with Crippen LogP contribution in [-0.2, 0) is 19.4 Å². The van der Waals surface area contributed by atoms with Crippen LogP contribution in [0.25, 0.3) is 0 Å². The maximum Gasteiger partial charge on any atom is 0.254 e. The summed E-state index contributed by atoms with van der Waals surface area (Å²) in [5, 5.41) is 3.46. The second-order valence-electron chi connectivity index (χ2n) is 7.78. The van der Waals surface area contributed by atoms with Crippen molar-refractivity contribution in [2.45, 2.75) is 57.5 Å². The van der Waals surface area contributed by atoms with Crippen LogP contribution in [0.2, 0.25) is 0 Å². The molecule has 1 N–H and O–H groups in total. The summed E-state index contributed by atoms with van der Waals surface area (Å²) in [6.07, 6.45) is 9.73. The quantitative estimate of drug-likeness (QED) is 0.839. The van der Waals surface area contributed by atoms with Gasteiger partial charge in [0, 0.05) is 17.8 Å². The number of carbonyl (C=O) groups excluding carboxylic acids is 1. The molecule has 4 nitrogen and oxygen atoms in total. The minimum absolute atomic E-state index is 0. The highest BCUT2D eigenvalue weighted by molar-refractivity contribution is 5.94. The molecular formula is C23H30ClN3O. The summed E-state index contributed by atoms with van der Waals surface area (Å²) in [7, 11) is 0. The van der Waals surface area contributed by atoms with Crippen molar-refractivity contribution < 1.29 is 4.79 Å². The van der Waals surface area contributed by atoms with Gasteiger partial charge in [-0.3, -0.25) is 9.78 Å². The number of hydrogen-bond acceptors (Lipinski definition) is 3. The first-order chi connectivity index (χ1) is 13.3. The van der Waals surface area contributed by atoms with Crippen molar-refractivity contribution in [1.29, 1.82) is 0 Å².